The van der Waals surface area contributed by atoms with E-state index in [9.17, 15) is 4.79 Å². The molecule has 2 fully saturated rings. The van der Waals surface area contributed by atoms with Gasteiger partial charge in [-0.25, -0.2) is 4.98 Å². The van der Waals surface area contributed by atoms with E-state index >= 15 is 0 Å². The van der Waals surface area contributed by atoms with Crippen LogP contribution in [0, 0.1) is 0 Å². The van der Waals surface area contributed by atoms with Gasteiger partial charge in [-0.05, 0) is 32.2 Å². The molecule has 3 aliphatic heterocycles. The van der Waals surface area contributed by atoms with Crippen molar-refractivity contribution < 1.29 is 4.74 Å². The lowest BCUT2D eigenvalue weighted by molar-refractivity contribution is 0.0998. The number of rotatable bonds is 1. The lowest BCUT2D eigenvalue weighted by atomic mass is 9.88. The van der Waals surface area contributed by atoms with Gasteiger partial charge in [-0.1, -0.05) is 0 Å². The van der Waals surface area contributed by atoms with Crippen LogP contribution in [0.4, 0.5) is 0 Å². The normalized spacial score (nSPS) is 33.7. The Kier molecular flexibility index (Phi) is 2.32. The molecule has 0 amide bonds. The molecule has 3 unspecified atom stereocenters. The van der Waals surface area contributed by atoms with Crippen molar-refractivity contribution >= 4 is 0 Å². The van der Waals surface area contributed by atoms with Crippen LogP contribution in [-0.2, 0) is 17.7 Å². The van der Waals surface area contributed by atoms with Gasteiger partial charge in [0.1, 0.15) is 5.82 Å². The second-order valence-corrected chi connectivity index (χ2v) is 5.52. The molecule has 0 saturated carbocycles. The molecule has 0 radical (unpaired) electrons. The minimum Gasteiger partial charge on any atom is -0.374 e. The summed E-state index contributed by atoms with van der Waals surface area (Å²) >= 11 is 0. The first kappa shape index (κ1) is 10.7. The zero-order valence-corrected chi connectivity index (χ0v) is 10.2. The molecule has 2 bridgehead atoms. The molecule has 0 spiro atoms. The molecule has 1 aromatic rings. The van der Waals surface area contributed by atoms with Crippen molar-refractivity contribution in [2.45, 2.75) is 50.4 Å². The summed E-state index contributed by atoms with van der Waals surface area (Å²) in [5.74, 6) is 1.14. The second kappa shape index (κ2) is 3.90. The number of aromatic nitrogens is 2. The van der Waals surface area contributed by atoms with Crippen LogP contribution >= 0.6 is 0 Å². The van der Waals surface area contributed by atoms with Crippen LogP contribution in [0.1, 0.15) is 42.3 Å². The lowest BCUT2D eigenvalue weighted by Crippen LogP contribution is -2.33. The van der Waals surface area contributed by atoms with Crippen molar-refractivity contribution in [2.24, 2.45) is 0 Å². The van der Waals surface area contributed by atoms with E-state index in [-0.39, 0.29) is 11.7 Å². The summed E-state index contributed by atoms with van der Waals surface area (Å²) < 4.78 is 5.85. The molecule has 96 valence electrons. The first-order valence-corrected chi connectivity index (χ1v) is 6.79. The van der Waals surface area contributed by atoms with Gasteiger partial charge in [-0.3, -0.25) is 4.79 Å². The Morgan fingerprint density at radius 3 is 3.06 bits per heavy atom. The number of H-pyrrole nitrogens is 1. The third kappa shape index (κ3) is 1.54. The van der Waals surface area contributed by atoms with E-state index in [0.717, 1.165) is 49.3 Å². The predicted molar refractivity (Wildman–Crippen MR) is 65.5 cm³/mol. The Morgan fingerprint density at radius 1 is 1.33 bits per heavy atom. The summed E-state index contributed by atoms with van der Waals surface area (Å²) in [5.41, 5.74) is 1.85. The molecular formula is C13H17N3O2. The van der Waals surface area contributed by atoms with E-state index in [2.05, 4.69) is 15.3 Å². The van der Waals surface area contributed by atoms with Crippen molar-refractivity contribution in [3.63, 3.8) is 0 Å². The Labute approximate surface area is 105 Å². The van der Waals surface area contributed by atoms with Crippen LogP contribution < -0.4 is 10.9 Å². The van der Waals surface area contributed by atoms with Gasteiger partial charge in [-0.2, -0.15) is 0 Å². The third-order valence-electron chi connectivity index (χ3n) is 4.42. The number of hydrogen-bond acceptors (Lipinski definition) is 4. The maximum absolute atomic E-state index is 12.1. The Balaban J connectivity index is 1.73. The van der Waals surface area contributed by atoms with Gasteiger partial charge in [0.2, 0.25) is 0 Å². The largest absolute Gasteiger partial charge is 0.374 e. The van der Waals surface area contributed by atoms with Crippen molar-refractivity contribution in [1.29, 1.82) is 0 Å². The van der Waals surface area contributed by atoms with Gasteiger partial charge >= 0.3 is 0 Å². The van der Waals surface area contributed by atoms with E-state index in [1.165, 1.54) is 0 Å². The molecule has 2 N–H and O–H groups in total. The molecule has 1 aromatic heterocycles. The zero-order valence-electron chi connectivity index (χ0n) is 10.2. The smallest absolute Gasteiger partial charge is 0.254 e. The molecule has 4 rings (SSSR count). The van der Waals surface area contributed by atoms with Gasteiger partial charge < -0.3 is 15.0 Å². The average molecular weight is 247 g/mol. The zero-order chi connectivity index (χ0) is 12.1. The van der Waals surface area contributed by atoms with Gasteiger partial charge in [-0.15, -0.1) is 0 Å². The van der Waals surface area contributed by atoms with Crippen LogP contribution in [0.25, 0.3) is 0 Å². The predicted octanol–water partition coefficient (Wildman–Crippen LogP) is 0.450. The maximum Gasteiger partial charge on any atom is 0.254 e. The topological polar surface area (TPSA) is 67.0 Å². The van der Waals surface area contributed by atoms with Gasteiger partial charge in [0, 0.05) is 18.0 Å². The molecule has 3 aliphatic rings. The van der Waals surface area contributed by atoms with Gasteiger partial charge in [0.25, 0.3) is 5.56 Å². The van der Waals surface area contributed by atoms with E-state index < -0.39 is 0 Å². The molecule has 3 atom stereocenters. The fourth-order valence-electron chi connectivity index (χ4n) is 3.49. The van der Waals surface area contributed by atoms with Crippen molar-refractivity contribution in [1.82, 2.24) is 15.3 Å². The van der Waals surface area contributed by atoms with Crippen molar-refractivity contribution in [3.05, 3.63) is 27.4 Å². The summed E-state index contributed by atoms with van der Waals surface area (Å²) in [4.78, 5) is 19.7. The number of nitrogens with one attached hydrogen (secondary N) is 2. The fraction of sp³-hybridized carbons (Fsp3) is 0.692. The van der Waals surface area contributed by atoms with Crippen LogP contribution in [-0.4, -0.2) is 28.7 Å². The number of aromatic amines is 1. The standard InChI is InChI=1S/C13H17N3O2/c17-13-8-3-4-14-6-10(8)15-12(16-13)9-5-7-1-2-11(9)18-7/h7,9,11,14H,1-6H2,(H,15,16,17). The van der Waals surface area contributed by atoms with Crippen LogP contribution in [0.5, 0.6) is 0 Å². The fourth-order valence-corrected chi connectivity index (χ4v) is 3.49. The minimum absolute atomic E-state index is 0.0549. The Morgan fingerprint density at radius 2 is 2.28 bits per heavy atom. The molecule has 5 nitrogen and oxygen atoms in total. The molecule has 0 aliphatic carbocycles. The Hall–Kier alpha value is -1.20. The average Bonchev–Trinajstić information content (AvgIpc) is 3.01. The maximum atomic E-state index is 12.1. The molecule has 5 heteroatoms. The highest BCUT2D eigenvalue weighted by molar-refractivity contribution is 5.22. The minimum atomic E-state index is 0.0549. The van der Waals surface area contributed by atoms with Crippen molar-refractivity contribution in [2.75, 3.05) is 6.54 Å². The summed E-state index contributed by atoms with van der Waals surface area (Å²) in [6, 6.07) is 0. The lowest BCUT2D eigenvalue weighted by Gasteiger charge is -2.21. The first-order valence-electron chi connectivity index (χ1n) is 6.79. The SMILES string of the molecule is O=c1[nH]c(C2CC3CCC2O3)nc2c1CCNC2. The van der Waals surface area contributed by atoms with E-state index in [1.54, 1.807) is 0 Å². The molecule has 2 saturated heterocycles. The van der Waals surface area contributed by atoms with E-state index in [0.29, 0.717) is 18.6 Å². The van der Waals surface area contributed by atoms with Crippen LogP contribution in [0.3, 0.4) is 0 Å². The summed E-state index contributed by atoms with van der Waals surface area (Å²) in [5, 5.41) is 3.27. The highest BCUT2D eigenvalue weighted by Crippen LogP contribution is 2.43. The molecule has 4 heterocycles. The highest BCUT2D eigenvalue weighted by atomic mass is 16.5. The number of ether oxygens (including phenoxy) is 1. The van der Waals surface area contributed by atoms with Gasteiger partial charge in [0.15, 0.2) is 0 Å². The number of hydrogen-bond donors (Lipinski definition) is 2. The third-order valence-corrected chi connectivity index (χ3v) is 4.42. The van der Waals surface area contributed by atoms with E-state index in [4.69, 9.17) is 4.74 Å². The first-order chi connectivity index (χ1) is 8.81. The summed E-state index contributed by atoms with van der Waals surface area (Å²) in [6.45, 7) is 1.59. The van der Waals surface area contributed by atoms with Crippen LogP contribution in [0.2, 0.25) is 0 Å². The van der Waals surface area contributed by atoms with E-state index in [1.807, 2.05) is 0 Å². The number of nitrogens with zero attached hydrogens (tertiary/aromatic N) is 1. The highest BCUT2D eigenvalue weighted by Gasteiger charge is 2.42. The summed E-state index contributed by atoms with van der Waals surface area (Å²) in [6.07, 6.45) is 4.73. The van der Waals surface area contributed by atoms with Crippen LogP contribution in [0.15, 0.2) is 4.79 Å². The molecule has 0 aromatic carbocycles. The molecular weight excluding hydrogens is 230 g/mol. The van der Waals surface area contributed by atoms with Crippen molar-refractivity contribution in [3.8, 4) is 0 Å². The second-order valence-electron chi connectivity index (χ2n) is 5.52. The Bertz CT molecular complexity index is 540. The van der Waals surface area contributed by atoms with Gasteiger partial charge in [0.05, 0.1) is 17.9 Å². The monoisotopic (exact) mass is 247 g/mol. The quantitative estimate of drug-likeness (QED) is 0.756. The summed E-state index contributed by atoms with van der Waals surface area (Å²) in [7, 11) is 0. The number of fused-ring (bicyclic) bond motifs is 3. The molecule has 18 heavy (non-hydrogen) atoms.